The zero-order valence-corrected chi connectivity index (χ0v) is 16.1. The Morgan fingerprint density at radius 2 is 2.00 bits per heavy atom. The molecule has 1 aliphatic rings. The molecule has 0 saturated heterocycles. The monoisotopic (exact) mass is 369 g/mol. The molecular weight excluding hydrogens is 342 g/mol. The summed E-state index contributed by atoms with van der Waals surface area (Å²) in [5, 5.41) is 3.07. The van der Waals surface area contributed by atoms with Crippen LogP contribution in [-0.4, -0.2) is 29.2 Å². The number of hydrogen-bond donors (Lipinski definition) is 1. The molecule has 1 aromatic heterocycles. The second-order valence-corrected chi connectivity index (χ2v) is 6.96. The van der Waals surface area contributed by atoms with Gasteiger partial charge in [0.15, 0.2) is 6.10 Å². The van der Waals surface area contributed by atoms with Gasteiger partial charge in [-0.25, -0.2) is 0 Å². The van der Waals surface area contributed by atoms with Crippen LogP contribution in [0.25, 0.3) is 0 Å². The molecule has 0 unspecified atom stereocenters. The van der Waals surface area contributed by atoms with Gasteiger partial charge in [-0.15, -0.1) is 0 Å². The van der Waals surface area contributed by atoms with Crippen LogP contribution < -0.4 is 20.5 Å². The van der Waals surface area contributed by atoms with Crippen LogP contribution in [0.5, 0.6) is 5.75 Å². The van der Waals surface area contributed by atoms with Crippen molar-refractivity contribution in [3.05, 3.63) is 58.5 Å². The number of pyridine rings is 1. The second-order valence-electron chi connectivity index (χ2n) is 6.96. The van der Waals surface area contributed by atoms with Gasteiger partial charge in [0.1, 0.15) is 5.75 Å². The number of nitrogens with one attached hydrogen (secondary N) is 1. The molecule has 0 radical (unpaired) electrons. The fourth-order valence-electron chi connectivity index (χ4n) is 3.29. The maximum absolute atomic E-state index is 12.7. The van der Waals surface area contributed by atoms with Gasteiger partial charge in [0.2, 0.25) is 0 Å². The lowest BCUT2D eigenvalue weighted by Gasteiger charge is -2.36. The van der Waals surface area contributed by atoms with Crippen molar-refractivity contribution in [1.82, 2.24) is 9.88 Å². The van der Waals surface area contributed by atoms with Crippen molar-refractivity contribution in [1.29, 1.82) is 0 Å². The van der Waals surface area contributed by atoms with Crippen molar-refractivity contribution in [2.24, 2.45) is 7.05 Å². The van der Waals surface area contributed by atoms with E-state index in [4.69, 9.17) is 4.74 Å². The van der Waals surface area contributed by atoms with Crippen LogP contribution in [-0.2, 0) is 18.4 Å². The Bertz CT molecular complexity index is 858. The molecule has 0 spiro atoms. The molecule has 2 aromatic rings. The van der Waals surface area contributed by atoms with Gasteiger partial charge in [-0.3, -0.25) is 9.59 Å². The second kappa shape index (κ2) is 8.29. The number of carbonyl (C=O) groups is 1. The van der Waals surface area contributed by atoms with Crippen LogP contribution in [0.3, 0.4) is 0 Å². The average molecular weight is 369 g/mol. The Kier molecular flexibility index (Phi) is 5.84. The minimum Gasteiger partial charge on any atom is -0.477 e. The molecular formula is C21H27N3O3. The van der Waals surface area contributed by atoms with E-state index >= 15 is 0 Å². The number of ether oxygens (including phenoxy) is 1. The Morgan fingerprint density at radius 3 is 2.70 bits per heavy atom. The molecule has 144 valence electrons. The van der Waals surface area contributed by atoms with E-state index in [-0.39, 0.29) is 17.5 Å². The molecule has 1 N–H and O–H groups in total. The highest BCUT2D eigenvalue weighted by Gasteiger charge is 2.31. The number of amides is 1. The van der Waals surface area contributed by atoms with Crippen molar-refractivity contribution >= 4 is 11.6 Å². The number of fused-ring (bicyclic) bond motifs is 1. The number of carbonyl (C=O) groups excluding carboxylic acids is 1. The minimum atomic E-state index is -0.577. The Labute approximate surface area is 159 Å². The van der Waals surface area contributed by atoms with E-state index in [1.165, 1.54) is 0 Å². The van der Waals surface area contributed by atoms with Crippen LogP contribution in [0.2, 0.25) is 0 Å². The predicted molar refractivity (Wildman–Crippen MR) is 106 cm³/mol. The number of para-hydroxylation sites is 2. The molecule has 6 nitrogen and oxygen atoms in total. The van der Waals surface area contributed by atoms with E-state index in [0.29, 0.717) is 18.8 Å². The van der Waals surface area contributed by atoms with Crippen molar-refractivity contribution < 1.29 is 9.53 Å². The molecule has 0 aliphatic carbocycles. The maximum Gasteiger partial charge on any atom is 0.263 e. The van der Waals surface area contributed by atoms with Crippen LogP contribution in [0.1, 0.15) is 32.3 Å². The van der Waals surface area contributed by atoms with E-state index in [1.807, 2.05) is 30.3 Å². The smallest absolute Gasteiger partial charge is 0.263 e. The summed E-state index contributed by atoms with van der Waals surface area (Å²) in [7, 11) is 1.73. The molecule has 27 heavy (non-hydrogen) atoms. The minimum absolute atomic E-state index is 0.0444. The Morgan fingerprint density at radius 1 is 1.26 bits per heavy atom. The van der Waals surface area contributed by atoms with Crippen LogP contribution in [0.15, 0.2) is 47.4 Å². The van der Waals surface area contributed by atoms with Gasteiger partial charge in [0.25, 0.3) is 11.5 Å². The summed E-state index contributed by atoms with van der Waals surface area (Å²) in [6.45, 7) is 5.12. The van der Waals surface area contributed by atoms with Crippen molar-refractivity contribution in [2.45, 2.75) is 45.4 Å². The summed E-state index contributed by atoms with van der Waals surface area (Å²) in [6, 6.07) is 11.4. The lowest BCUT2D eigenvalue weighted by Crippen LogP contribution is -2.51. The van der Waals surface area contributed by atoms with Gasteiger partial charge >= 0.3 is 0 Å². The first-order valence-electron chi connectivity index (χ1n) is 9.48. The number of benzene rings is 1. The number of aryl methyl sites for hydroxylation is 1. The highest BCUT2D eigenvalue weighted by Crippen LogP contribution is 2.34. The molecule has 1 amide bonds. The standard InChI is InChI=1S/C21H27N3O3/c1-4-16(5-2)22-21(26)19-14-24(17-8-6-7-9-18(17)27-19)13-15-10-11-23(3)20(25)12-15/h6-12,16,19H,4-5,13-14H2,1-3H3,(H,22,26)/t19-/m1/s1. The van der Waals surface area contributed by atoms with E-state index in [9.17, 15) is 9.59 Å². The molecule has 1 aliphatic heterocycles. The fourth-order valence-corrected chi connectivity index (χ4v) is 3.29. The number of anilines is 1. The third-order valence-electron chi connectivity index (χ3n) is 5.03. The maximum atomic E-state index is 12.7. The molecule has 0 saturated carbocycles. The number of hydrogen-bond acceptors (Lipinski definition) is 4. The van der Waals surface area contributed by atoms with E-state index in [1.54, 1.807) is 23.9 Å². The highest BCUT2D eigenvalue weighted by molar-refractivity contribution is 5.83. The molecule has 1 atom stereocenters. The van der Waals surface area contributed by atoms with Crippen molar-refractivity contribution in [3.63, 3.8) is 0 Å². The van der Waals surface area contributed by atoms with E-state index in [2.05, 4.69) is 24.1 Å². The molecule has 0 bridgehead atoms. The number of nitrogens with zero attached hydrogens (tertiary/aromatic N) is 2. The van der Waals surface area contributed by atoms with Gasteiger partial charge < -0.3 is 19.5 Å². The third kappa shape index (κ3) is 4.32. The Hall–Kier alpha value is -2.76. The molecule has 3 rings (SSSR count). The molecule has 1 aromatic carbocycles. The van der Waals surface area contributed by atoms with Gasteiger partial charge in [-0.2, -0.15) is 0 Å². The highest BCUT2D eigenvalue weighted by atomic mass is 16.5. The third-order valence-corrected chi connectivity index (χ3v) is 5.03. The zero-order chi connectivity index (χ0) is 19.4. The van der Waals surface area contributed by atoms with E-state index in [0.717, 1.165) is 24.1 Å². The zero-order valence-electron chi connectivity index (χ0n) is 16.1. The summed E-state index contributed by atoms with van der Waals surface area (Å²) in [5.74, 6) is 0.601. The molecule has 0 fully saturated rings. The van der Waals surface area contributed by atoms with Gasteiger partial charge in [-0.1, -0.05) is 26.0 Å². The van der Waals surface area contributed by atoms with Crippen molar-refractivity contribution in [3.8, 4) is 5.75 Å². The van der Waals surface area contributed by atoms with Gasteiger partial charge in [0.05, 0.1) is 12.2 Å². The Balaban J connectivity index is 1.83. The summed E-state index contributed by atoms with van der Waals surface area (Å²) < 4.78 is 7.52. The van der Waals surface area contributed by atoms with Crippen molar-refractivity contribution in [2.75, 3.05) is 11.4 Å². The topological polar surface area (TPSA) is 63.6 Å². The summed E-state index contributed by atoms with van der Waals surface area (Å²) in [4.78, 5) is 26.8. The SMILES string of the molecule is CCC(CC)NC(=O)[C@H]1CN(Cc2ccn(C)c(=O)c2)c2ccccc2O1. The first-order valence-corrected chi connectivity index (χ1v) is 9.48. The summed E-state index contributed by atoms with van der Waals surface area (Å²) in [5.41, 5.74) is 1.80. The average Bonchev–Trinajstić information content (AvgIpc) is 2.68. The molecule has 2 heterocycles. The first kappa shape index (κ1) is 19.0. The largest absolute Gasteiger partial charge is 0.477 e. The first-order chi connectivity index (χ1) is 13.0. The number of aromatic nitrogens is 1. The fraction of sp³-hybridized carbons (Fsp3) is 0.429. The molecule has 6 heteroatoms. The van der Waals surface area contributed by atoms with Gasteiger partial charge in [0, 0.05) is 31.9 Å². The van der Waals surface area contributed by atoms with Crippen LogP contribution >= 0.6 is 0 Å². The number of rotatable bonds is 6. The quantitative estimate of drug-likeness (QED) is 0.850. The lowest BCUT2D eigenvalue weighted by molar-refractivity contribution is -0.128. The van der Waals surface area contributed by atoms with E-state index < -0.39 is 6.10 Å². The summed E-state index contributed by atoms with van der Waals surface area (Å²) in [6.07, 6.45) is 2.97. The normalized spacial score (nSPS) is 16.0. The predicted octanol–water partition coefficient (Wildman–Crippen LogP) is 2.46. The van der Waals surface area contributed by atoms with Crippen LogP contribution in [0, 0.1) is 0 Å². The lowest BCUT2D eigenvalue weighted by atomic mass is 10.1. The van der Waals surface area contributed by atoms with Crippen LogP contribution in [0.4, 0.5) is 5.69 Å². The summed E-state index contributed by atoms with van der Waals surface area (Å²) >= 11 is 0. The van der Waals surface area contributed by atoms with Gasteiger partial charge in [-0.05, 0) is 36.6 Å².